The van der Waals surface area contributed by atoms with Crippen LogP contribution in [0, 0.1) is 17.7 Å². The van der Waals surface area contributed by atoms with Crippen molar-refractivity contribution in [1.29, 1.82) is 0 Å². The zero-order valence-corrected chi connectivity index (χ0v) is 11.6. The molecule has 2 amide bonds. The Labute approximate surface area is 120 Å². The van der Waals surface area contributed by atoms with E-state index < -0.39 is 41.0 Å². The van der Waals surface area contributed by atoms with Crippen LogP contribution in [0.3, 0.4) is 0 Å². The molecule has 1 unspecified atom stereocenters. The summed E-state index contributed by atoms with van der Waals surface area (Å²) >= 11 is 0. The highest BCUT2D eigenvalue weighted by Crippen LogP contribution is 2.32. The van der Waals surface area contributed by atoms with Crippen molar-refractivity contribution in [1.82, 2.24) is 0 Å². The fraction of sp³-hybridized carbons (Fsp3) is 0.333. The van der Waals surface area contributed by atoms with Gasteiger partial charge in [0.1, 0.15) is 17.4 Å². The molecule has 1 saturated heterocycles. The lowest BCUT2D eigenvalue weighted by atomic mass is 9.85. The molecule has 0 aliphatic carbocycles. The van der Waals surface area contributed by atoms with Gasteiger partial charge in [0, 0.05) is 6.42 Å². The van der Waals surface area contributed by atoms with E-state index in [1.807, 2.05) is 0 Å². The minimum atomic E-state index is -1.10. The van der Waals surface area contributed by atoms with Gasteiger partial charge in [-0.2, -0.15) is 0 Å². The largest absolute Gasteiger partial charge is 0.299 e. The summed E-state index contributed by atoms with van der Waals surface area (Å²) in [6, 6.07) is 4.89. The molecule has 1 aromatic rings. The lowest BCUT2D eigenvalue weighted by Gasteiger charge is -2.18. The summed E-state index contributed by atoms with van der Waals surface area (Å²) in [7, 11) is 0. The molecule has 1 atom stereocenters. The molecule has 0 spiro atoms. The molecular formula is C15H14FNO4. The second-order valence-corrected chi connectivity index (χ2v) is 5.05. The third kappa shape index (κ3) is 2.74. The molecule has 0 bridgehead atoms. The number of hydrogen-bond donors (Lipinski definition) is 0. The maximum atomic E-state index is 12.9. The molecule has 6 heteroatoms. The lowest BCUT2D eigenvalue weighted by molar-refractivity contribution is -0.137. The quantitative estimate of drug-likeness (QED) is 0.622. The first-order valence-corrected chi connectivity index (χ1v) is 6.46. The van der Waals surface area contributed by atoms with E-state index in [9.17, 15) is 23.6 Å². The molecular weight excluding hydrogens is 277 g/mol. The topological polar surface area (TPSA) is 71.5 Å². The highest BCUT2D eigenvalue weighted by Gasteiger charge is 2.46. The van der Waals surface area contributed by atoms with Crippen LogP contribution >= 0.6 is 0 Å². The number of benzene rings is 1. The third-order valence-electron chi connectivity index (χ3n) is 3.54. The number of carbonyl (C=O) groups is 4. The molecule has 0 N–H and O–H groups in total. The van der Waals surface area contributed by atoms with E-state index in [4.69, 9.17) is 0 Å². The number of halogens is 1. The molecule has 110 valence electrons. The van der Waals surface area contributed by atoms with Crippen LogP contribution < -0.4 is 4.90 Å². The van der Waals surface area contributed by atoms with Gasteiger partial charge in [-0.25, -0.2) is 4.39 Å². The molecule has 1 heterocycles. The van der Waals surface area contributed by atoms with Crippen LogP contribution in [0.1, 0.15) is 20.3 Å². The SMILES string of the molecule is CC(=O)C(C(C)=O)C1CC(=O)N(c2ccc(F)cc2)C1=O. The predicted molar refractivity (Wildman–Crippen MR) is 71.9 cm³/mol. The molecule has 0 aromatic heterocycles. The van der Waals surface area contributed by atoms with Gasteiger partial charge in [0.05, 0.1) is 17.5 Å². The molecule has 0 radical (unpaired) electrons. The fourth-order valence-electron chi connectivity index (χ4n) is 2.63. The van der Waals surface area contributed by atoms with Crippen LogP contribution in [-0.2, 0) is 19.2 Å². The predicted octanol–water partition coefficient (Wildman–Crippen LogP) is 1.50. The summed E-state index contributed by atoms with van der Waals surface area (Å²) in [5.41, 5.74) is 0.236. The van der Waals surface area contributed by atoms with Crippen LogP contribution in [0.4, 0.5) is 10.1 Å². The summed E-state index contributed by atoms with van der Waals surface area (Å²) in [4.78, 5) is 48.4. The Kier molecular flexibility index (Phi) is 3.97. The van der Waals surface area contributed by atoms with Crippen molar-refractivity contribution in [3.05, 3.63) is 30.1 Å². The van der Waals surface area contributed by atoms with Crippen molar-refractivity contribution in [3.63, 3.8) is 0 Å². The van der Waals surface area contributed by atoms with Crippen LogP contribution in [0.15, 0.2) is 24.3 Å². The summed E-state index contributed by atoms with van der Waals surface area (Å²) in [6.07, 6.45) is -0.194. The molecule has 1 aromatic carbocycles. The fourth-order valence-corrected chi connectivity index (χ4v) is 2.63. The minimum Gasteiger partial charge on any atom is -0.299 e. The number of nitrogens with zero attached hydrogens (tertiary/aromatic N) is 1. The first-order valence-electron chi connectivity index (χ1n) is 6.46. The Hall–Kier alpha value is -2.37. The summed E-state index contributed by atoms with van der Waals surface area (Å²) in [5.74, 6) is -4.53. The first kappa shape index (κ1) is 15.0. The van der Waals surface area contributed by atoms with E-state index in [0.717, 1.165) is 17.0 Å². The van der Waals surface area contributed by atoms with Gasteiger partial charge in [0.15, 0.2) is 0 Å². The summed E-state index contributed by atoms with van der Waals surface area (Å²) in [6.45, 7) is 2.45. The summed E-state index contributed by atoms with van der Waals surface area (Å²) < 4.78 is 12.9. The van der Waals surface area contributed by atoms with E-state index in [1.165, 1.54) is 26.0 Å². The van der Waals surface area contributed by atoms with Gasteiger partial charge in [-0.1, -0.05) is 0 Å². The van der Waals surface area contributed by atoms with E-state index >= 15 is 0 Å². The maximum absolute atomic E-state index is 12.9. The molecule has 2 rings (SSSR count). The van der Waals surface area contributed by atoms with E-state index in [-0.39, 0.29) is 12.1 Å². The van der Waals surface area contributed by atoms with Gasteiger partial charge in [-0.3, -0.25) is 24.1 Å². The van der Waals surface area contributed by atoms with Gasteiger partial charge in [0.25, 0.3) is 0 Å². The average Bonchev–Trinajstić information content (AvgIpc) is 2.66. The van der Waals surface area contributed by atoms with E-state index in [1.54, 1.807) is 0 Å². The Morgan fingerprint density at radius 2 is 1.67 bits per heavy atom. The Morgan fingerprint density at radius 3 is 2.14 bits per heavy atom. The number of Topliss-reactive ketones (excluding diaryl/α,β-unsaturated/α-hetero) is 2. The van der Waals surface area contributed by atoms with Gasteiger partial charge in [0.2, 0.25) is 11.8 Å². The first-order chi connectivity index (χ1) is 9.82. The number of amides is 2. The molecule has 5 nitrogen and oxygen atoms in total. The zero-order valence-electron chi connectivity index (χ0n) is 11.6. The Morgan fingerprint density at radius 1 is 1.14 bits per heavy atom. The number of anilines is 1. The zero-order chi connectivity index (χ0) is 15.7. The second kappa shape index (κ2) is 5.55. The number of carbonyl (C=O) groups excluding carboxylic acids is 4. The van der Waals surface area contributed by atoms with Crippen molar-refractivity contribution in [2.24, 2.45) is 11.8 Å². The van der Waals surface area contributed by atoms with E-state index in [2.05, 4.69) is 0 Å². The molecule has 0 saturated carbocycles. The smallest absolute Gasteiger partial charge is 0.238 e. The monoisotopic (exact) mass is 291 g/mol. The Bertz CT molecular complexity index is 609. The highest BCUT2D eigenvalue weighted by molar-refractivity contribution is 6.23. The highest BCUT2D eigenvalue weighted by atomic mass is 19.1. The van der Waals surface area contributed by atoms with Crippen molar-refractivity contribution < 1.29 is 23.6 Å². The number of ketones is 2. The van der Waals surface area contributed by atoms with Gasteiger partial charge in [-0.15, -0.1) is 0 Å². The molecule has 1 aliphatic heterocycles. The lowest BCUT2D eigenvalue weighted by Crippen LogP contribution is -2.36. The van der Waals surface area contributed by atoms with Crippen molar-refractivity contribution in [2.75, 3.05) is 4.90 Å². The number of hydrogen-bond acceptors (Lipinski definition) is 4. The number of rotatable bonds is 4. The average molecular weight is 291 g/mol. The minimum absolute atomic E-state index is 0.194. The van der Waals surface area contributed by atoms with Crippen LogP contribution in [0.25, 0.3) is 0 Å². The standard InChI is InChI=1S/C15H14FNO4/c1-8(18)14(9(2)19)12-7-13(20)17(15(12)21)11-5-3-10(16)4-6-11/h3-6,12,14H,7H2,1-2H3. The molecule has 1 fully saturated rings. The number of imide groups is 1. The molecule has 1 aliphatic rings. The molecule has 21 heavy (non-hydrogen) atoms. The summed E-state index contributed by atoms with van der Waals surface area (Å²) in [5, 5.41) is 0. The van der Waals surface area contributed by atoms with Crippen molar-refractivity contribution >= 4 is 29.1 Å². The van der Waals surface area contributed by atoms with Crippen LogP contribution in [0.5, 0.6) is 0 Å². The maximum Gasteiger partial charge on any atom is 0.238 e. The van der Waals surface area contributed by atoms with Gasteiger partial charge in [-0.05, 0) is 38.1 Å². The van der Waals surface area contributed by atoms with E-state index in [0.29, 0.717) is 0 Å². The Balaban J connectivity index is 2.34. The normalized spacial score (nSPS) is 18.5. The second-order valence-electron chi connectivity index (χ2n) is 5.05. The van der Waals surface area contributed by atoms with Crippen LogP contribution in [0.2, 0.25) is 0 Å². The van der Waals surface area contributed by atoms with Crippen LogP contribution in [-0.4, -0.2) is 23.4 Å². The van der Waals surface area contributed by atoms with Crippen molar-refractivity contribution in [3.8, 4) is 0 Å². The van der Waals surface area contributed by atoms with Gasteiger partial charge < -0.3 is 0 Å². The van der Waals surface area contributed by atoms with Gasteiger partial charge >= 0.3 is 0 Å². The third-order valence-corrected chi connectivity index (χ3v) is 3.54. The van der Waals surface area contributed by atoms with Crippen molar-refractivity contribution in [2.45, 2.75) is 20.3 Å².